The normalized spacial score (nSPS) is 40.9. The SMILES string of the molecule is CC1=C2C[C@H]3[C@@H](CC[C@@H]4CC(=O)CC[C@@]43C)[C@@H]2CC[C@]2(C1)C[C@H]1[C@@H](C[C@H](C)CN1CC(=O)N(C)CCc1ccccc1)O2. The Balaban J connectivity index is 1.03. The zero-order valence-electron chi connectivity index (χ0n) is 27.2. The van der Waals surface area contributed by atoms with Gasteiger partial charge in [-0.15, -0.1) is 0 Å². The zero-order valence-corrected chi connectivity index (χ0v) is 27.2. The van der Waals surface area contributed by atoms with Crippen LogP contribution in [0.2, 0.25) is 0 Å². The van der Waals surface area contributed by atoms with Crippen LogP contribution in [0, 0.1) is 35.0 Å². The van der Waals surface area contributed by atoms with Gasteiger partial charge in [-0.3, -0.25) is 14.5 Å². The quantitative estimate of drug-likeness (QED) is 0.354. The van der Waals surface area contributed by atoms with Crippen molar-refractivity contribution >= 4 is 11.7 Å². The zero-order chi connectivity index (χ0) is 29.9. The van der Waals surface area contributed by atoms with Gasteiger partial charge in [0.05, 0.1) is 18.2 Å². The van der Waals surface area contributed by atoms with E-state index in [0.717, 1.165) is 76.3 Å². The molecule has 1 spiro atoms. The molecular weight excluding hydrogens is 532 g/mol. The van der Waals surface area contributed by atoms with Crippen molar-refractivity contribution in [2.24, 2.45) is 35.0 Å². The van der Waals surface area contributed by atoms with Gasteiger partial charge in [-0.2, -0.15) is 0 Å². The molecule has 6 aliphatic rings. The summed E-state index contributed by atoms with van der Waals surface area (Å²) < 4.78 is 7.17. The second kappa shape index (κ2) is 11.4. The minimum Gasteiger partial charge on any atom is -0.370 e. The van der Waals surface area contributed by atoms with E-state index in [2.05, 4.69) is 49.9 Å². The van der Waals surface area contributed by atoms with E-state index in [9.17, 15) is 9.59 Å². The number of hydrogen-bond donors (Lipinski definition) is 0. The monoisotopic (exact) mass is 586 g/mol. The van der Waals surface area contributed by atoms with Gasteiger partial charge in [0.1, 0.15) is 5.78 Å². The fraction of sp³-hybridized carbons (Fsp3) is 0.737. The van der Waals surface area contributed by atoms with Crippen LogP contribution in [0.5, 0.6) is 0 Å². The van der Waals surface area contributed by atoms with E-state index in [4.69, 9.17) is 4.74 Å². The molecule has 4 aliphatic carbocycles. The molecule has 0 bridgehead atoms. The smallest absolute Gasteiger partial charge is 0.236 e. The van der Waals surface area contributed by atoms with E-state index in [1.807, 2.05) is 18.0 Å². The summed E-state index contributed by atoms with van der Waals surface area (Å²) in [5.41, 5.74) is 4.94. The number of ketones is 1. The van der Waals surface area contributed by atoms with Crippen molar-refractivity contribution in [1.82, 2.24) is 9.80 Å². The minimum absolute atomic E-state index is 0.0742. The van der Waals surface area contributed by atoms with Gasteiger partial charge in [-0.25, -0.2) is 0 Å². The van der Waals surface area contributed by atoms with Crippen LogP contribution in [0.4, 0.5) is 0 Å². The van der Waals surface area contributed by atoms with Crippen LogP contribution in [-0.4, -0.2) is 65.9 Å². The lowest BCUT2D eigenvalue weighted by Gasteiger charge is -2.52. The molecular formula is C38H54N2O3. The summed E-state index contributed by atoms with van der Waals surface area (Å²) in [6.45, 7) is 9.56. The van der Waals surface area contributed by atoms with Crippen LogP contribution in [0.3, 0.4) is 0 Å². The predicted octanol–water partition coefficient (Wildman–Crippen LogP) is 6.85. The molecule has 3 saturated carbocycles. The largest absolute Gasteiger partial charge is 0.370 e. The fourth-order valence-corrected chi connectivity index (χ4v) is 11.1. The Morgan fingerprint density at radius 3 is 2.74 bits per heavy atom. The van der Waals surface area contributed by atoms with Gasteiger partial charge in [0.25, 0.3) is 0 Å². The average molecular weight is 587 g/mol. The number of carbonyl (C=O) groups excluding carboxylic acids is 2. The summed E-state index contributed by atoms with van der Waals surface area (Å²) in [4.78, 5) is 30.2. The third-order valence-corrected chi connectivity index (χ3v) is 13.4. The summed E-state index contributed by atoms with van der Waals surface area (Å²) in [7, 11) is 1.97. The number of amides is 1. The number of likely N-dealkylation sites (N-methyl/N-ethyl adjacent to an activating group) is 1. The molecule has 2 heterocycles. The van der Waals surface area contributed by atoms with E-state index in [-0.39, 0.29) is 17.6 Å². The van der Waals surface area contributed by atoms with Crippen molar-refractivity contribution in [2.75, 3.05) is 26.7 Å². The molecule has 2 saturated heterocycles. The molecule has 43 heavy (non-hydrogen) atoms. The van der Waals surface area contributed by atoms with Crippen LogP contribution in [0.25, 0.3) is 0 Å². The first-order valence-corrected chi connectivity index (χ1v) is 17.5. The molecule has 0 unspecified atom stereocenters. The van der Waals surface area contributed by atoms with E-state index < -0.39 is 0 Å². The minimum atomic E-state index is -0.0742. The van der Waals surface area contributed by atoms with Crippen LogP contribution in [0.1, 0.15) is 97.0 Å². The fourth-order valence-electron chi connectivity index (χ4n) is 11.1. The summed E-state index contributed by atoms with van der Waals surface area (Å²) in [6, 6.07) is 10.8. The lowest BCUT2D eigenvalue weighted by atomic mass is 9.52. The van der Waals surface area contributed by atoms with Crippen molar-refractivity contribution in [2.45, 2.75) is 116 Å². The van der Waals surface area contributed by atoms with Crippen molar-refractivity contribution < 1.29 is 14.3 Å². The number of likely N-dealkylation sites (tertiary alicyclic amines) is 1. The summed E-state index contributed by atoms with van der Waals surface area (Å²) >= 11 is 0. The highest BCUT2D eigenvalue weighted by atomic mass is 16.5. The number of piperidine rings is 1. The lowest BCUT2D eigenvalue weighted by molar-refractivity contribution is -0.133. The number of fused-ring (bicyclic) bond motifs is 6. The van der Waals surface area contributed by atoms with Gasteiger partial charge in [0.15, 0.2) is 0 Å². The Morgan fingerprint density at radius 2 is 1.93 bits per heavy atom. The molecule has 9 atom stereocenters. The molecule has 0 N–H and O–H groups in total. The van der Waals surface area contributed by atoms with Gasteiger partial charge in [-0.1, -0.05) is 55.3 Å². The van der Waals surface area contributed by atoms with E-state index in [0.29, 0.717) is 41.5 Å². The molecule has 1 aromatic carbocycles. The Bertz CT molecular complexity index is 1260. The van der Waals surface area contributed by atoms with Crippen molar-refractivity contribution in [3.05, 3.63) is 47.0 Å². The second-order valence-electron chi connectivity index (χ2n) is 16.1. The number of nitrogens with zero attached hydrogens (tertiary/aromatic N) is 2. The second-order valence-corrected chi connectivity index (χ2v) is 16.1. The van der Waals surface area contributed by atoms with E-state index in [1.165, 1.54) is 31.2 Å². The maximum atomic E-state index is 13.4. The first-order chi connectivity index (χ1) is 20.6. The number of ether oxygens (including phenoxy) is 1. The molecule has 5 nitrogen and oxygen atoms in total. The number of Topliss-reactive ketones (excluding diaryl/α,β-unsaturated/α-hetero) is 1. The molecule has 0 aromatic heterocycles. The first kappa shape index (κ1) is 29.7. The molecule has 1 amide bonds. The number of carbonyl (C=O) groups is 2. The van der Waals surface area contributed by atoms with Gasteiger partial charge in [-0.05, 0) is 112 Å². The van der Waals surface area contributed by atoms with Gasteiger partial charge < -0.3 is 9.64 Å². The summed E-state index contributed by atoms with van der Waals surface area (Å²) in [6.07, 6.45) is 13.4. The van der Waals surface area contributed by atoms with Crippen LogP contribution >= 0.6 is 0 Å². The Kier molecular flexibility index (Phi) is 7.90. The predicted molar refractivity (Wildman–Crippen MR) is 170 cm³/mol. The molecule has 1 aromatic rings. The van der Waals surface area contributed by atoms with E-state index >= 15 is 0 Å². The maximum Gasteiger partial charge on any atom is 0.236 e. The topological polar surface area (TPSA) is 49.9 Å². The third kappa shape index (κ3) is 5.45. The van der Waals surface area contributed by atoms with Gasteiger partial charge in [0.2, 0.25) is 5.91 Å². The Labute approximate surface area is 259 Å². The highest BCUT2D eigenvalue weighted by Gasteiger charge is 2.58. The highest BCUT2D eigenvalue weighted by molar-refractivity contribution is 5.79. The molecule has 7 rings (SSSR count). The van der Waals surface area contributed by atoms with E-state index in [1.54, 1.807) is 11.1 Å². The summed E-state index contributed by atoms with van der Waals surface area (Å²) in [5, 5.41) is 0. The number of rotatable bonds is 5. The molecule has 2 aliphatic heterocycles. The number of benzene rings is 1. The van der Waals surface area contributed by atoms with Gasteiger partial charge >= 0.3 is 0 Å². The van der Waals surface area contributed by atoms with Crippen LogP contribution in [0.15, 0.2) is 41.5 Å². The molecule has 0 radical (unpaired) electrons. The standard InChI is InChI=1S/C38H54N2O3/c1-25-18-35-34(40(23-25)24-36(42)39(4)17-14-27-8-6-5-7-9-27)22-38(43-35)16-13-30-31-11-10-28-19-29(41)12-15-37(28,3)33(31)20-32(30)26(2)21-38/h5-9,25,28,30-31,33-35H,10-24H2,1-4H3/t25-,28+,30-,31-,33-,34-,35+,37-,38-/m0/s1. The Morgan fingerprint density at radius 1 is 1.12 bits per heavy atom. The molecule has 5 fully saturated rings. The Hall–Kier alpha value is -1.98. The van der Waals surface area contributed by atoms with Crippen LogP contribution in [-0.2, 0) is 20.7 Å². The number of allylic oxidation sites excluding steroid dienone is 1. The summed E-state index contributed by atoms with van der Waals surface area (Å²) in [5.74, 6) is 4.16. The molecule has 234 valence electrons. The number of hydrogen-bond acceptors (Lipinski definition) is 4. The molecule has 5 heteroatoms. The van der Waals surface area contributed by atoms with Crippen molar-refractivity contribution in [3.63, 3.8) is 0 Å². The third-order valence-electron chi connectivity index (χ3n) is 13.4. The maximum absolute atomic E-state index is 13.4. The van der Waals surface area contributed by atoms with Crippen LogP contribution < -0.4 is 0 Å². The highest BCUT2D eigenvalue weighted by Crippen LogP contribution is 2.64. The lowest BCUT2D eigenvalue weighted by Crippen LogP contribution is -2.52. The average Bonchev–Trinajstić information content (AvgIpc) is 3.51. The van der Waals surface area contributed by atoms with Gasteiger partial charge in [0, 0.05) is 39.0 Å². The van der Waals surface area contributed by atoms with Crippen molar-refractivity contribution in [3.8, 4) is 0 Å². The first-order valence-electron chi connectivity index (χ1n) is 17.5. The van der Waals surface area contributed by atoms with Crippen molar-refractivity contribution in [1.29, 1.82) is 0 Å².